The molecule has 2 aliphatic carbocycles. The maximum Gasteiger partial charge on any atom is 0.223 e. The van der Waals surface area contributed by atoms with Gasteiger partial charge in [-0.05, 0) is 36.7 Å². The van der Waals surface area contributed by atoms with Crippen LogP contribution in [-0.2, 0) is 10.2 Å². The molecule has 1 amide bonds. The smallest absolute Gasteiger partial charge is 0.223 e. The summed E-state index contributed by atoms with van der Waals surface area (Å²) in [6, 6.07) is 10.3. The number of benzene rings is 1. The van der Waals surface area contributed by atoms with Gasteiger partial charge in [0.15, 0.2) is 0 Å². The lowest BCUT2D eigenvalue weighted by molar-refractivity contribution is -0.144. The minimum atomic E-state index is -0.361. The van der Waals surface area contributed by atoms with E-state index in [1.165, 1.54) is 5.56 Å². The van der Waals surface area contributed by atoms with Crippen LogP contribution in [0.15, 0.2) is 30.3 Å². The highest BCUT2D eigenvalue weighted by Gasteiger charge is 2.58. The number of aliphatic hydroxyl groups excluding tert-OH is 2. The first kappa shape index (κ1) is 15.2. The summed E-state index contributed by atoms with van der Waals surface area (Å²) in [6.07, 6.45) is 3.88. The number of hydrogen-bond donors (Lipinski definition) is 2. The number of rotatable bonds is 3. The molecule has 1 aliphatic heterocycles. The van der Waals surface area contributed by atoms with Gasteiger partial charge in [0, 0.05) is 24.9 Å². The molecule has 4 unspecified atom stereocenters. The van der Waals surface area contributed by atoms with Crippen molar-refractivity contribution < 1.29 is 15.0 Å². The molecule has 4 atom stereocenters. The molecule has 3 fully saturated rings. The fraction of sp³-hybridized carbons (Fsp3) is 0.632. The summed E-state index contributed by atoms with van der Waals surface area (Å²) in [5, 5.41) is 20.1. The lowest BCUT2D eigenvalue weighted by atomic mass is 9.59. The van der Waals surface area contributed by atoms with E-state index >= 15 is 0 Å². The van der Waals surface area contributed by atoms with Crippen molar-refractivity contribution in [3.8, 4) is 0 Å². The first-order chi connectivity index (χ1) is 11.1. The van der Waals surface area contributed by atoms with E-state index in [1.807, 2.05) is 18.2 Å². The van der Waals surface area contributed by atoms with Crippen LogP contribution in [0.4, 0.5) is 0 Å². The Hall–Kier alpha value is -1.39. The summed E-state index contributed by atoms with van der Waals surface area (Å²) in [6.45, 7) is 0.920. The van der Waals surface area contributed by atoms with Gasteiger partial charge in [-0.3, -0.25) is 4.79 Å². The predicted molar refractivity (Wildman–Crippen MR) is 86.8 cm³/mol. The van der Waals surface area contributed by atoms with Crippen molar-refractivity contribution in [1.82, 2.24) is 4.90 Å². The van der Waals surface area contributed by atoms with Gasteiger partial charge in [0.05, 0.1) is 12.2 Å². The van der Waals surface area contributed by atoms with Crippen LogP contribution in [0.2, 0.25) is 0 Å². The van der Waals surface area contributed by atoms with E-state index in [9.17, 15) is 15.0 Å². The number of amides is 1. The third-order valence-electron chi connectivity index (χ3n) is 6.42. The normalized spacial score (nSPS) is 36.8. The van der Waals surface area contributed by atoms with Crippen molar-refractivity contribution in [3.05, 3.63) is 35.9 Å². The number of hydrogen-bond acceptors (Lipinski definition) is 3. The van der Waals surface area contributed by atoms with Crippen LogP contribution in [0.1, 0.15) is 37.7 Å². The summed E-state index contributed by atoms with van der Waals surface area (Å²) >= 11 is 0. The molecule has 4 rings (SSSR count). The zero-order valence-electron chi connectivity index (χ0n) is 13.4. The van der Waals surface area contributed by atoms with E-state index in [2.05, 4.69) is 12.1 Å². The molecule has 0 radical (unpaired) electrons. The third kappa shape index (κ3) is 2.31. The van der Waals surface area contributed by atoms with E-state index in [-0.39, 0.29) is 29.4 Å². The van der Waals surface area contributed by atoms with Gasteiger partial charge in [0.1, 0.15) is 0 Å². The fourth-order valence-corrected chi connectivity index (χ4v) is 5.32. The van der Waals surface area contributed by atoms with Gasteiger partial charge in [-0.15, -0.1) is 0 Å². The molecule has 2 bridgehead atoms. The minimum Gasteiger partial charge on any atom is -0.393 e. The van der Waals surface area contributed by atoms with Crippen LogP contribution in [0.25, 0.3) is 0 Å². The maximum absolute atomic E-state index is 12.8. The molecule has 0 aromatic heterocycles. The first-order valence-corrected chi connectivity index (χ1v) is 8.80. The second-order valence-electron chi connectivity index (χ2n) is 7.57. The Kier molecular flexibility index (Phi) is 3.69. The fourth-order valence-electron chi connectivity index (χ4n) is 5.32. The molecular formula is C19H25NO3. The summed E-state index contributed by atoms with van der Waals surface area (Å²) in [5.41, 5.74) is 0.983. The molecule has 2 N–H and O–H groups in total. The van der Waals surface area contributed by atoms with Gasteiger partial charge < -0.3 is 15.1 Å². The minimum absolute atomic E-state index is 0.130. The van der Waals surface area contributed by atoms with Gasteiger partial charge in [0.25, 0.3) is 0 Å². The van der Waals surface area contributed by atoms with Crippen molar-refractivity contribution in [2.75, 3.05) is 13.1 Å². The lowest BCUT2D eigenvalue weighted by Gasteiger charge is -2.46. The maximum atomic E-state index is 12.8. The molecule has 3 aliphatic rings. The summed E-state index contributed by atoms with van der Waals surface area (Å²) in [7, 11) is 0. The average Bonchev–Trinajstić information content (AvgIpc) is 2.67. The summed E-state index contributed by atoms with van der Waals surface area (Å²) < 4.78 is 0. The number of carbonyl (C=O) groups is 1. The molecule has 1 aromatic carbocycles. The van der Waals surface area contributed by atoms with E-state index in [0.29, 0.717) is 25.4 Å². The van der Waals surface area contributed by atoms with Crippen LogP contribution in [0.5, 0.6) is 0 Å². The summed E-state index contributed by atoms with van der Waals surface area (Å²) in [4.78, 5) is 14.5. The molecule has 23 heavy (non-hydrogen) atoms. The zero-order valence-corrected chi connectivity index (χ0v) is 13.4. The third-order valence-corrected chi connectivity index (χ3v) is 6.42. The molecule has 4 heteroatoms. The van der Waals surface area contributed by atoms with Crippen LogP contribution in [-0.4, -0.2) is 46.3 Å². The van der Waals surface area contributed by atoms with E-state index in [0.717, 1.165) is 25.7 Å². The molecule has 0 spiro atoms. The average molecular weight is 315 g/mol. The highest BCUT2D eigenvalue weighted by Crippen LogP contribution is 2.58. The molecule has 2 saturated carbocycles. The Balaban J connectivity index is 1.69. The Morgan fingerprint density at radius 1 is 1.17 bits per heavy atom. The Morgan fingerprint density at radius 2 is 1.91 bits per heavy atom. The second kappa shape index (κ2) is 5.60. The van der Waals surface area contributed by atoms with Gasteiger partial charge in [-0.25, -0.2) is 0 Å². The van der Waals surface area contributed by atoms with E-state index in [4.69, 9.17) is 0 Å². The van der Waals surface area contributed by atoms with Crippen molar-refractivity contribution in [3.63, 3.8) is 0 Å². The molecular weight excluding hydrogens is 290 g/mol. The van der Waals surface area contributed by atoms with Crippen molar-refractivity contribution in [2.24, 2.45) is 11.8 Å². The Bertz CT molecular complexity index is 584. The topological polar surface area (TPSA) is 60.8 Å². The largest absolute Gasteiger partial charge is 0.393 e. The Morgan fingerprint density at radius 3 is 2.57 bits per heavy atom. The molecule has 1 aromatic rings. The van der Waals surface area contributed by atoms with E-state index < -0.39 is 0 Å². The highest BCUT2D eigenvalue weighted by molar-refractivity contribution is 5.79. The number of carbonyl (C=O) groups excluding carboxylic acids is 1. The number of aliphatic hydroxyl groups is 2. The predicted octanol–water partition coefficient (Wildman–Crippen LogP) is 1.70. The molecule has 4 nitrogen and oxygen atoms in total. The standard InChI is InChI=1S/C19H25NO3/c21-15-11-20(12-15)18(23)10-19(13-5-2-1-3-6-13)14-7-4-8-16(19)17(22)9-14/h1-3,5-6,14-17,21-22H,4,7-12H2. The zero-order chi connectivity index (χ0) is 16.0. The van der Waals surface area contributed by atoms with E-state index in [1.54, 1.807) is 4.90 Å². The number of β-amino-alcohol motifs (C(OH)–C–C–N with tert-alkyl or cyclic N) is 1. The number of nitrogens with zero attached hydrogens (tertiary/aromatic N) is 1. The quantitative estimate of drug-likeness (QED) is 0.892. The second-order valence-corrected chi connectivity index (χ2v) is 7.57. The van der Waals surface area contributed by atoms with Crippen LogP contribution in [0, 0.1) is 11.8 Å². The molecule has 1 saturated heterocycles. The van der Waals surface area contributed by atoms with Crippen LogP contribution >= 0.6 is 0 Å². The van der Waals surface area contributed by atoms with Gasteiger partial charge in [-0.1, -0.05) is 36.8 Å². The highest BCUT2D eigenvalue weighted by atomic mass is 16.3. The van der Waals surface area contributed by atoms with Crippen LogP contribution < -0.4 is 0 Å². The van der Waals surface area contributed by atoms with Gasteiger partial charge in [0.2, 0.25) is 5.91 Å². The Labute approximate surface area is 137 Å². The van der Waals surface area contributed by atoms with Gasteiger partial charge >= 0.3 is 0 Å². The molecule has 1 heterocycles. The van der Waals surface area contributed by atoms with Crippen molar-refractivity contribution >= 4 is 5.91 Å². The van der Waals surface area contributed by atoms with Crippen molar-refractivity contribution in [1.29, 1.82) is 0 Å². The SMILES string of the molecule is O=C(CC1(c2ccccc2)C2CCCC1C(O)C2)N1CC(O)C1. The van der Waals surface area contributed by atoms with Crippen LogP contribution in [0.3, 0.4) is 0 Å². The monoisotopic (exact) mass is 315 g/mol. The number of fused-ring (bicyclic) bond motifs is 2. The van der Waals surface area contributed by atoms with Crippen molar-refractivity contribution in [2.45, 2.75) is 49.7 Å². The lowest BCUT2D eigenvalue weighted by Crippen LogP contribution is -2.56. The first-order valence-electron chi connectivity index (χ1n) is 8.80. The summed E-state index contributed by atoms with van der Waals surface area (Å²) in [5.74, 6) is 0.692. The number of likely N-dealkylation sites (tertiary alicyclic amines) is 1. The molecule has 124 valence electrons. The van der Waals surface area contributed by atoms with Gasteiger partial charge in [-0.2, -0.15) is 0 Å².